The third-order valence-corrected chi connectivity index (χ3v) is 5.51. The molecule has 0 spiro atoms. The number of hydrogen-bond acceptors (Lipinski definition) is 4. The maximum absolute atomic E-state index is 12.6. The first-order chi connectivity index (χ1) is 11.8. The van der Waals surface area contributed by atoms with Crippen LogP contribution in [0.5, 0.6) is 5.75 Å². The van der Waals surface area contributed by atoms with E-state index >= 15 is 0 Å². The van der Waals surface area contributed by atoms with Gasteiger partial charge in [0.15, 0.2) is 0 Å². The van der Waals surface area contributed by atoms with Crippen LogP contribution in [-0.2, 0) is 12.8 Å². The highest BCUT2D eigenvalue weighted by atomic mass is 32.1. The van der Waals surface area contributed by atoms with Crippen molar-refractivity contribution in [1.82, 2.24) is 9.97 Å². The van der Waals surface area contributed by atoms with Crippen molar-refractivity contribution < 1.29 is 4.74 Å². The lowest BCUT2D eigenvalue weighted by Crippen LogP contribution is -2.11. The molecule has 3 aromatic rings. The van der Waals surface area contributed by atoms with E-state index in [0.29, 0.717) is 12.4 Å². The molecule has 2 heterocycles. The lowest BCUT2D eigenvalue weighted by molar-refractivity contribution is 0.363. The SMILES string of the molecule is C=CCOc1ccc(-c2nc3sc4c(c3c(=O)[nH]2)CCCC4)cc1. The molecule has 4 rings (SSSR count). The molecule has 0 radical (unpaired) electrons. The molecule has 0 fully saturated rings. The van der Waals surface area contributed by atoms with Crippen molar-refractivity contribution in [1.29, 1.82) is 0 Å². The zero-order valence-corrected chi connectivity index (χ0v) is 14.1. The Morgan fingerprint density at radius 1 is 1.25 bits per heavy atom. The number of aromatic amines is 1. The van der Waals surface area contributed by atoms with E-state index in [0.717, 1.165) is 40.8 Å². The molecule has 24 heavy (non-hydrogen) atoms. The molecule has 0 aliphatic heterocycles. The quantitative estimate of drug-likeness (QED) is 0.729. The first-order valence-corrected chi connectivity index (χ1v) is 8.96. The topological polar surface area (TPSA) is 55.0 Å². The summed E-state index contributed by atoms with van der Waals surface area (Å²) in [6.45, 7) is 4.11. The standard InChI is InChI=1S/C19H18N2O2S/c1-2-11-23-13-9-7-12(8-10-13)17-20-18(22)16-14-5-3-4-6-15(14)24-19(16)21-17/h2,7-10H,1,3-6,11H2,(H,20,21,22). The van der Waals surface area contributed by atoms with Gasteiger partial charge in [0.2, 0.25) is 0 Å². The van der Waals surface area contributed by atoms with E-state index in [-0.39, 0.29) is 5.56 Å². The van der Waals surface area contributed by atoms with Crippen LogP contribution in [0.4, 0.5) is 0 Å². The van der Waals surface area contributed by atoms with Gasteiger partial charge in [0.05, 0.1) is 5.39 Å². The molecule has 4 nitrogen and oxygen atoms in total. The minimum Gasteiger partial charge on any atom is -0.490 e. The minimum atomic E-state index is -0.0265. The smallest absolute Gasteiger partial charge is 0.260 e. The van der Waals surface area contributed by atoms with Crippen molar-refractivity contribution in [3.05, 3.63) is 57.7 Å². The van der Waals surface area contributed by atoms with Gasteiger partial charge < -0.3 is 9.72 Å². The van der Waals surface area contributed by atoms with Crippen molar-refractivity contribution in [3.63, 3.8) is 0 Å². The summed E-state index contributed by atoms with van der Waals surface area (Å²) in [5.74, 6) is 1.38. The van der Waals surface area contributed by atoms with Gasteiger partial charge in [-0.15, -0.1) is 11.3 Å². The van der Waals surface area contributed by atoms with Crippen molar-refractivity contribution in [2.24, 2.45) is 0 Å². The highest BCUT2D eigenvalue weighted by Gasteiger charge is 2.20. The molecule has 1 aromatic carbocycles. The van der Waals surface area contributed by atoms with Gasteiger partial charge in [0.1, 0.15) is 23.0 Å². The van der Waals surface area contributed by atoms with Crippen molar-refractivity contribution >= 4 is 21.6 Å². The summed E-state index contributed by atoms with van der Waals surface area (Å²) >= 11 is 1.67. The fraction of sp³-hybridized carbons (Fsp3) is 0.263. The number of thiophene rings is 1. The molecule has 1 aliphatic carbocycles. The molecule has 2 aromatic heterocycles. The zero-order valence-electron chi connectivity index (χ0n) is 13.3. The fourth-order valence-corrected chi connectivity index (χ4v) is 4.43. The van der Waals surface area contributed by atoms with Crippen molar-refractivity contribution in [2.45, 2.75) is 25.7 Å². The molecular formula is C19H18N2O2S. The van der Waals surface area contributed by atoms with Gasteiger partial charge in [0, 0.05) is 10.4 Å². The fourth-order valence-electron chi connectivity index (χ4n) is 3.16. The molecule has 0 atom stereocenters. The molecule has 1 N–H and O–H groups in total. The molecule has 122 valence electrons. The number of nitrogens with zero attached hydrogens (tertiary/aromatic N) is 1. The van der Waals surface area contributed by atoms with E-state index < -0.39 is 0 Å². The zero-order chi connectivity index (χ0) is 16.5. The van der Waals surface area contributed by atoms with Crippen LogP contribution in [0.2, 0.25) is 0 Å². The van der Waals surface area contributed by atoms with Gasteiger partial charge >= 0.3 is 0 Å². The summed E-state index contributed by atoms with van der Waals surface area (Å²) in [5, 5.41) is 0.796. The number of H-pyrrole nitrogens is 1. The van der Waals surface area contributed by atoms with Crippen LogP contribution < -0.4 is 10.3 Å². The molecule has 0 amide bonds. The summed E-state index contributed by atoms with van der Waals surface area (Å²) in [6, 6.07) is 7.58. The summed E-state index contributed by atoms with van der Waals surface area (Å²) in [4.78, 5) is 22.4. The second-order valence-electron chi connectivity index (χ2n) is 5.93. The molecular weight excluding hydrogens is 320 g/mol. The summed E-state index contributed by atoms with van der Waals surface area (Å²) in [5.41, 5.74) is 2.07. The Morgan fingerprint density at radius 3 is 2.83 bits per heavy atom. The van der Waals surface area contributed by atoms with Crippen molar-refractivity contribution in [2.75, 3.05) is 6.61 Å². The number of benzene rings is 1. The van der Waals surface area contributed by atoms with E-state index in [1.807, 2.05) is 24.3 Å². The van der Waals surface area contributed by atoms with Crippen LogP contribution in [0.25, 0.3) is 21.6 Å². The Balaban J connectivity index is 1.75. The normalized spacial score (nSPS) is 13.7. The largest absolute Gasteiger partial charge is 0.490 e. The highest BCUT2D eigenvalue weighted by molar-refractivity contribution is 7.18. The predicted octanol–water partition coefficient (Wildman–Crippen LogP) is 4.10. The van der Waals surface area contributed by atoms with Gasteiger partial charge in [0.25, 0.3) is 5.56 Å². The molecule has 0 bridgehead atoms. The van der Waals surface area contributed by atoms with Gasteiger partial charge in [-0.2, -0.15) is 0 Å². The Hall–Kier alpha value is -2.40. The number of fused-ring (bicyclic) bond motifs is 3. The van der Waals surface area contributed by atoms with Gasteiger partial charge in [-0.3, -0.25) is 4.79 Å². The van der Waals surface area contributed by atoms with Crippen LogP contribution in [-0.4, -0.2) is 16.6 Å². The van der Waals surface area contributed by atoms with Crippen LogP contribution in [0.15, 0.2) is 41.7 Å². The van der Waals surface area contributed by atoms with Crippen molar-refractivity contribution in [3.8, 4) is 17.1 Å². The number of rotatable bonds is 4. The van der Waals surface area contributed by atoms with E-state index in [2.05, 4.69) is 11.6 Å². The summed E-state index contributed by atoms with van der Waals surface area (Å²) < 4.78 is 5.49. The minimum absolute atomic E-state index is 0.0265. The number of hydrogen-bond donors (Lipinski definition) is 1. The summed E-state index contributed by atoms with van der Waals surface area (Å²) in [6.07, 6.45) is 6.14. The number of aryl methyl sites for hydroxylation is 2. The van der Waals surface area contributed by atoms with Crippen LogP contribution in [0, 0.1) is 0 Å². The average Bonchev–Trinajstić information content (AvgIpc) is 2.99. The Bertz CT molecular complexity index is 954. The Kier molecular flexibility index (Phi) is 3.94. The third-order valence-electron chi connectivity index (χ3n) is 4.32. The van der Waals surface area contributed by atoms with Crippen LogP contribution >= 0.6 is 11.3 Å². The van der Waals surface area contributed by atoms with E-state index in [1.54, 1.807) is 17.4 Å². The first kappa shape index (κ1) is 15.1. The average molecular weight is 338 g/mol. The maximum atomic E-state index is 12.6. The molecule has 5 heteroatoms. The molecule has 0 saturated carbocycles. The maximum Gasteiger partial charge on any atom is 0.260 e. The second-order valence-corrected chi connectivity index (χ2v) is 7.01. The Labute approximate surface area is 143 Å². The lowest BCUT2D eigenvalue weighted by atomic mass is 9.97. The summed E-state index contributed by atoms with van der Waals surface area (Å²) in [7, 11) is 0. The van der Waals surface area contributed by atoms with Gasteiger partial charge in [-0.25, -0.2) is 4.98 Å². The van der Waals surface area contributed by atoms with Crippen LogP contribution in [0.3, 0.4) is 0 Å². The monoisotopic (exact) mass is 338 g/mol. The first-order valence-electron chi connectivity index (χ1n) is 8.15. The molecule has 0 saturated heterocycles. The van der Waals surface area contributed by atoms with Gasteiger partial charge in [-0.05, 0) is 55.5 Å². The van der Waals surface area contributed by atoms with E-state index in [9.17, 15) is 4.79 Å². The number of aromatic nitrogens is 2. The number of ether oxygens (including phenoxy) is 1. The van der Waals surface area contributed by atoms with Crippen LogP contribution in [0.1, 0.15) is 23.3 Å². The third kappa shape index (κ3) is 2.65. The predicted molar refractivity (Wildman–Crippen MR) is 98.0 cm³/mol. The number of nitrogens with one attached hydrogen (secondary N) is 1. The highest BCUT2D eigenvalue weighted by Crippen LogP contribution is 2.34. The molecule has 1 aliphatic rings. The second kappa shape index (κ2) is 6.24. The lowest BCUT2D eigenvalue weighted by Gasteiger charge is -2.09. The Morgan fingerprint density at radius 2 is 2.04 bits per heavy atom. The molecule has 0 unspecified atom stereocenters. The van der Waals surface area contributed by atoms with Gasteiger partial charge in [-0.1, -0.05) is 12.7 Å². The van der Waals surface area contributed by atoms with E-state index in [4.69, 9.17) is 9.72 Å². The van der Waals surface area contributed by atoms with E-state index in [1.165, 1.54) is 16.9 Å².